The highest BCUT2D eigenvalue weighted by Crippen LogP contribution is 2.51. The lowest BCUT2D eigenvalue weighted by atomic mass is 9.85. The van der Waals surface area contributed by atoms with Crippen molar-refractivity contribution < 1.29 is 53.8 Å². The van der Waals surface area contributed by atoms with Crippen LogP contribution in [-0.4, -0.2) is 48.6 Å². The first-order chi connectivity index (χ1) is 22.4. The molecule has 0 bridgehead atoms. The zero-order valence-electron chi connectivity index (χ0n) is 25.1. The minimum atomic E-state index is -6.16. The normalized spacial score (nSPS) is 20.3. The number of benzene rings is 2. The molecule has 48 heavy (non-hydrogen) atoms. The zero-order chi connectivity index (χ0) is 35.1. The maximum atomic E-state index is 13.9. The number of nitrogens with one attached hydrogen (secondary N) is 1. The van der Waals surface area contributed by atoms with Crippen LogP contribution in [0.3, 0.4) is 0 Å². The van der Waals surface area contributed by atoms with E-state index in [0.717, 1.165) is 34.6 Å². The monoisotopic (exact) mass is 701 g/mol. The van der Waals surface area contributed by atoms with Crippen LogP contribution >= 0.6 is 0 Å². The van der Waals surface area contributed by atoms with E-state index in [4.69, 9.17) is 0 Å². The van der Waals surface area contributed by atoms with Crippen molar-refractivity contribution in [1.29, 1.82) is 0 Å². The highest BCUT2D eigenvalue weighted by Gasteiger charge is 2.71. The topological polar surface area (TPSA) is 117 Å². The average molecular weight is 702 g/mol. The van der Waals surface area contributed by atoms with Gasteiger partial charge in [0, 0.05) is 42.4 Å². The number of fused-ring (bicyclic) bond motifs is 1. The lowest BCUT2D eigenvalue weighted by Gasteiger charge is -2.39. The third-order valence-corrected chi connectivity index (χ3v) is 10.8. The Balaban J connectivity index is 1.44. The fourth-order valence-corrected chi connectivity index (χ4v) is 8.23. The van der Waals surface area contributed by atoms with Crippen molar-refractivity contribution in [2.24, 2.45) is 11.8 Å². The number of amides is 1. The number of nitrogens with zero attached hydrogens (tertiary/aromatic N) is 2. The molecule has 3 atom stereocenters. The van der Waals surface area contributed by atoms with Gasteiger partial charge in [-0.1, -0.05) is 18.6 Å². The fraction of sp³-hybridized carbons (Fsp3) is 0.406. The van der Waals surface area contributed by atoms with Gasteiger partial charge in [0.2, 0.25) is 5.91 Å². The van der Waals surface area contributed by atoms with Crippen molar-refractivity contribution in [2.75, 3.05) is 9.62 Å². The molecule has 1 fully saturated rings. The van der Waals surface area contributed by atoms with Gasteiger partial charge in [0.05, 0.1) is 16.6 Å². The Morgan fingerprint density at radius 1 is 0.896 bits per heavy atom. The summed E-state index contributed by atoms with van der Waals surface area (Å²) in [5, 5.41) is 12.7. The molecule has 1 aliphatic heterocycles. The summed E-state index contributed by atoms with van der Waals surface area (Å²) in [6.07, 6.45) is -8.35. The lowest BCUT2D eigenvalue weighted by molar-refractivity contribution is -0.376. The van der Waals surface area contributed by atoms with Crippen molar-refractivity contribution in [1.82, 2.24) is 4.98 Å². The average Bonchev–Trinajstić information content (AvgIpc) is 3.47. The molecule has 8 nitrogen and oxygen atoms in total. The van der Waals surface area contributed by atoms with Crippen LogP contribution in [0.15, 0.2) is 71.9 Å². The minimum Gasteiger partial charge on any atom is -0.369 e. The van der Waals surface area contributed by atoms with Crippen molar-refractivity contribution in [3.05, 3.63) is 83.9 Å². The molecule has 0 saturated heterocycles. The van der Waals surface area contributed by atoms with Gasteiger partial charge in [-0.05, 0) is 79.6 Å². The van der Waals surface area contributed by atoms with Crippen LogP contribution in [0.1, 0.15) is 49.7 Å². The number of aliphatic hydroxyl groups is 1. The van der Waals surface area contributed by atoms with Crippen LogP contribution in [0.5, 0.6) is 0 Å². The van der Waals surface area contributed by atoms with Gasteiger partial charge in [0.25, 0.3) is 15.6 Å². The summed E-state index contributed by atoms with van der Waals surface area (Å²) in [7, 11) is -4.64. The summed E-state index contributed by atoms with van der Waals surface area (Å²) < 4.78 is 124. The number of halogens is 7. The largest absolute Gasteiger partial charge is 0.430 e. The molecule has 16 heteroatoms. The zero-order valence-corrected chi connectivity index (χ0v) is 25.9. The molecule has 5 rings (SSSR count). The Kier molecular flexibility index (Phi) is 9.63. The second-order valence-corrected chi connectivity index (χ2v) is 13.8. The van der Waals surface area contributed by atoms with Crippen LogP contribution in [0.25, 0.3) is 0 Å². The fourth-order valence-electron chi connectivity index (χ4n) is 6.52. The van der Waals surface area contributed by atoms with Crippen LogP contribution in [0.2, 0.25) is 0 Å². The maximum Gasteiger partial charge on any atom is 0.430 e. The van der Waals surface area contributed by atoms with E-state index in [2.05, 4.69) is 10.3 Å². The number of pyridine rings is 1. The Labute approximate surface area is 271 Å². The number of Topliss-reactive ketones (excluding diaryl/α,β-unsaturated/α-hetero) is 1. The van der Waals surface area contributed by atoms with E-state index in [1.807, 2.05) is 0 Å². The van der Waals surface area contributed by atoms with Crippen LogP contribution in [0, 0.1) is 17.7 Å². The highest BCUT2D eigenvalue weighted by atomic mass is 32.2. The summed E-state index contributed by atoms with van der Waals surface area (Å²) in [5.41, 5.74) is -6.77. The molecule has 3 aromatic rings. The first-order valence-corrected chi connectivity index (χ1v) is 16.4. The maximum absolute atomic E-state index is 13.9. The van der Waals surface area contributed by atoms with E-state index in [9.17, 15) is 53.8 Å². The van der Waals surface area contributed by atoms with Gasteiger partial charge in [-0.15, -0.1) is 0 Å². The molecule has 1 aromatic heterocycles. The summed E-state index contributed by atoms with van der Waals surface area (Å²) in [4.78, 5) is 29.9. The van der Waals surface area contributed by atoms with Crippen molar-refractivity contribution in [3.8, 4) is 0 Å². The van der Waals surface area contributed by atoms with Gasteiger partial charge in [-0.2, -0.15) is 26.3 Å². The van der Waals surface area contributed by atoms with E-state index < -0.39 is 62.0 Å². The van der Waals surface area contributed by atoms with E-state index in [1.54, 1.807) is 12.1 Å². The van der Waals surface area contributed by atoms with Gasteiger partial charge >= 0.3 is 12.4 Å². The number of hydrogen-bond acceptors (Lipinski definition) is 6. The van der Waals surface area contributed by atoms with Crippen LogP contribution in [0.4, 0.5) is 42.1 Å². The van der Waals surface area contributed by atoms with Crippen LogP contribution < -0.4 is 9.62 Å². The van der Waals surface area contributed by atoms with Gasteiger partial charge < -0.3 is 10.4 Å². The highest BCUT2D eigenvalue weighted by molar-refractivity contribution is 7.92. The van der Waals surface area contributed by atoms with Crippen molar-refractivity contribution in [2.45, 2.75) is 73.8 Å². The van der Waals surface area contributed by atoms with E-state index in [0.29, 0.717) is 37.1 Å². The summed E-state index contributed by atoms with van der Waals surface area (Å²) in [5.74, 6) is -2.27. The quantitative estimate of drug-likeness (QED) is 0.248. The third kappa shape index (κ3) is 6.77. The molecule has 1 aliphatic carbocycles. The van der Waals surface area contributed by atoms with Gasteiger partial charge in [-0.25, -0.2) is 12.8 Å². The number of rotatable bonds is 9. The lowest BCUT2D eigenvalue weighted by Crippen LogP contribution is -2.54. The molecule has 0 spiro atoms. The molecule has 258 valence electrons. The molecule has 2 heterocycles. The van der Waals surface area contributed by atoms with Crippen molar-refractivity contribution >= 4 is 33.1 Å². The molecule has 1 saturated carbocycles. The molecular formula is C32H30F7N3O5S. The first kappa shape index (κ1) is 35.3. The number of aryl methyl sites for hydroxylation is 1. The number of carbonyl (C=O) groups is 2. The number of sulfonamides is 1. The predicted molar refractivity (Wildman–Crippen MR) is 159 cm³/mol. The minimum absolute atomic E-state index is 0.0641. The van der Waals surface area contributed by atoms with Gasteiger partial charge in [0.1, 0.15) is 11.6 Å². The SMILES string of the molecule is O=C(C[C@H]1CCC[C@H]1C(=O)Nc1ccncc1)C[C@@H]1CCc2cc(C(O)(C(F)(F)F)C(F)(F)F)ccc2N1S(=O)(=O)c1ccc(F)cc1. The number of ketones is 1. The number of aromatic nitrogens is 1. The Hall–Kier alpha value is -4.05. The number of alkyl halides is 6. The molecular weight excluding hydrogens is 671 g/mol. The smallest absolute Gasteiger partial charge is 0.369 e. The van der Waals surface area contributed by atoms with E-state index >= 15 is 0 Å². The summed E-state index contributed by atoms with van der Waals surface area (Å²) in [6, 6.07) is 7.29. The summed E-state index contributed by atoms with van der Waals surface area (Å²) in [6.45, 7) is 0. The number of carbonyl (C=O) groups excluding carboxylic acids is 2. The predicted octanol–water partition coefficient (Wildman–Crippen LogP) is 6.45. The second kappa shape index (κ2) is 13.1. The summed E-state index contributed by atoms with van der Waals surface area (Å²) >= 11 is 0. The molecule has 1 amide bonds. The Bertz CT molecular complexity index is 1750. The third-order valence-electron chi connectivity index (χ3n) is 8.90. The first-order valence-electron chi connectivity index (χ1n) is 15.0. The molecule has 2 N–H and O–H groups in total. The van der Waals surface area contributed by atoms with Crippen LogP contribution in [-0.2, 0) is 31.6 Å². The Morgan fingerprint density at radius 2 is 1.54 bits per heavy atom. The number of hydrogen-bond donors (Lipinski definition) is 2. The van der Waals surface area contributed by atoms with E-state index in [1.165, 1.54) is 12.4 Å². The van der Waals surface area contributed by atoms with Gasteiger partial charge in [0.15, 0.2) is 0 Å². The second-order valence-electron chi connectivity index (χ2n) is 12.0. The standard InChI is InChI=1S/C32H30F7N3O5S/c33-22-6-9-26(10-7-22)48(46,47)42-24(8-4-20-16-21(5-11-28(20)42)30(45,31(34,35)36)32(37,38)39)18-25(43)17-19-2-1-3-27(19)29(44)41-23-12-14-40-15-13-23/h5-7,9-16,19,24,27,45H,1-4,8,17-18H2,(H,40,41,44)/t19-,24+,27-/m1/s1. The molecule has 2 aliphatic rings. The molecule has 0 radical (unpaired) electrons. The van der Waals surface area contributed by atoms with Crippen molar-refractivity contribution in [3.63, 3.8) is 0 Å². The number of anilines is 2. The molecule has 2 aromatic carbocycles. The van der Waals surface area contributed by atoms with E-state index in [-0.39, 0.29) is 48.8 Å². The molecule has 0 unspecified atom stereocenters. The Morgan fingerprint density at radius 3 is 2.17 bits per heavy atom. The van der Waals surface area contributed by atoms with Gasteiger partial charge in [-0.3, -0.25) is 18.9 Å².